The minimum absolute atomic E-state index is 0.142. The molecule has 2 bridgehead atoms. The van der Waals surface area contributed by atoms with Gasteiger partial charge in [0, 0.05) is 36.6 Å². The molecule has 2 atom stereocenters. The summed E-state index contributed by atoms with van der Waals surface area (Å²) in [5, 5.41) is 3.41. The average Bonchev–Trinajstić information content (AvgIpc) is 3.27. The van der Waals surface area contributed by atoms with E-state index in [0.717, 1.165) is 50.1 Å². The SMILES string of the molecule is O=C(Cc1ccc(S(=O)(=O)N2CCCC2)s1)N1C2CCNCC1CC2. The first-order chi connectivity index (χ1) is 12.1. The van der Waals surface area contributed by atoms with Crippen LogP contribution in [0.15, 0.2) is 16.3 Å². The highest BCUT2D eigenvalue weighted by atomic mass is 32.2. The molecule has 138 valence electrons. The van der Waals surface area contributed by atoms with Crippen LogP contribution < -0.4 is 5.32 Å². The van der Waals surface area contributed by atoms with Crippen LogP contribution in [0.3, 0.4) is 0 Å². The van der Waals surface area contributed by atoms with Gasteiger partial charge in [-0.3, -0.25) is 4.79 Å². The van der Waals surface area contributed by atoms with Gasteiger partial charge in [0.15, 0.2) is 0 Å². The Morgan fingerprint density at radius 3 is 2.72 bits per heavy atom. The van der Waals surface area contributed by atoms with Gasteiger partial charge in [-0.1, -0.05) is 0 Å². The smallest absolute Gasteiger partial charge is 0.252 e. The molecule has 3 aliphatic heterocycles. The summed E-state index contributed by atoms with van der Waals surface area (Å²) in [4.78, 5) is 15.8. The Hall–Kier alpha value is -0.960. The highest BCUT2D eigenvalue weighted by Gasteiger charge is 2.38. The molecule has 4 heterocycles. The zero-order chi connectivity index (χ0) is 17.4. The van der Waals surface area contributed by atoms with Crippen molar-refractivity contribution in [3.05, 3.63) is 17.0 Å². The lowest BCUT2D eigenvalue weighted by atomic mass is 10.1. The molecule has 3 aliphatic rings. The molecule has 0 aliphatic carbocycles. The summed E-state index contributed by atoms with van der Waals surface area (Å²) in [7, 11) is -3.38. The molecule has 4 rings (SSSR count). The number of rotatable bonds is 4. The number of fused-ring (bicyclic) bond motifs is 2. The van der Waals surface area contributed by atoms with E-state index in [0.29, 0.717) is 35.8 Å². The molecule has 8 heteroatoms. The normalized spacial score (nSPS) is 27.6. The van der Waals surface area contributed by atoms with E-state index in [-0.39, 0.29) is 5.91 Å². The van der Waals surface area contributed by atoms with Crippen LogP contribution in [0.1, 0.15) is 37.0 Å². The van der Waals surface area contributed by atoms with Crippen LogP contribution in [0.2, 0.25) is 0 Å². The summed E-state index contributed by atoms with van der Waals surface area (Å²) in [5.41, 5.74) is 0. The first-order valence-corrected chi connectivity index (χ1v) is 11.4. The second-order valence-corrected chi connectivity index (χ2v) is 10.5. The van der Waals surface area contributed by atoms with E-state index in [1.807, 2.05) is 6.07 Å². The van der Waals surface area contributed by atoms with Crippen LogP contribution >= 0.6 is 11.3 Å². The van der Waals surface area contributed by atoms with Crippen LogP contribution in [-0.2, 0) is 21.2 Å². The van der Waals surface area contributed by atoms with Crippen LogP contribution in [-0.4, -0.2) is 61.8 Å². The van der Waals surface area contributed by atoms with Crippen LogP contribution in [0.25, 0.3) is 0 Å². The molecule has 0 spiro atoms. The number of hydrogen-bond acceptors (Lipinski definition) is 5. The molecule has 1 aromatic rings. The topological polar surface area (TPSA) is 69.7 Å². The third-order valence-corrected chi connectivity index (χ3v) is 9.02. The summed E-state index contributed by atoms with van der Waals surface area (Å²) < 4.78 is 27.2. The molecule has 0 aromatic carbocycles. The van der Waals surface area contributed by atoms with Gasteiger partial charge in [0.25, 0.3) is 10.0 Å². The molecule has 6 nitrogen and oxygen atoms in total. The fraction of sp³-hybridized carbons (Fsp3) is 0.706. The van der Waals surface area contributed by atoms with Crippen LogP contribution in [0.5, 0.6) is 0 Å². The van der Waals surface area contributed by atoms with Crippen molar-refractivity contribution in [2.45, 2.75) is 54.8 Å². The van der Waals surface area contributed by atoms with Crippen molar-refractivity contribution in [3.8, 4) is 0 Å². The molecular formula is C17H25N3O3S2. The largest absolute Gasteiger partial charge is 0.335 e. The third-order valence-electron chi connectivity index (χ3n) is 5.56. The number of amides is 1. The molecule has 2 unspecified atom stereocenters. The lowest BCUT2D eigenvalue weighted by Gasteiger charge is -2.27. The first-order valence-electron chi connectivity index (χ1n) is 9.16. The summed E-state index contributed by atoms with van der Waals surface area (Å²) in [6.07, 6.45) is 5.36. The van der Waals surface area contributed by atoms with Crippen LogP contribution in [0, 0.1) is 0 Å². The van der Waals surface area contributed by atoms with Crippen molar-refractivity contribution in [1.29, 1.82) is 0 Å². The van der Waals surface area contributed by atoms with Crippen LogP contribution in [0.4, 0.5) is 0 Å². The Kier molecular flexibility index (Phi) is 4.87. The number of nitrogens with one attached hydrogen (secondary N) is 1. The van der Waals surface area contributed by atoms with E-state index in [2.05, 4.69) is 10.2 Å². The maximum atomic E-state index is 12.8. The van der Waals surface area contributed by atoms with Crippen molar-refractivity contribution in [1.82, 2.24) is 14.5 Å². The number of carbonyl (C=O) groups is 1. The number of nitrogens with zero attached hydrogens (tertiary/aromatic N) is 2. The molecular weight excluding hydrogens is 358 g/mol. The molecule has 1 amide bonds. The molecule has 1 N–H and O–H groups in total. The van der Waals surface area contributed by atoms with E-state index in [1.165, 1.54) is 11.3 Å². The molecule has 3 saturated heterocycles. The summed E-state index contributed by atoms with van der Waals surface area (Å²) in [6, 6.07) is 4.12. The van der Waals surface area contributed by atoms with E-state index in [9.17, 15) is 13.2 Å². The zero-order valence-corrected chi connectivity index (χ0v) is 15.9. The van der Waals surface area contributed by atoms with E-state index < -0.39 is 10.0 Å². The molecule has 3 fully saturated rings. The van der Waals surface area contributed by atoms with Gasteiger partial charge in [0.2, 0.25) is 5.91 Å². The predicted molar refractivity (Wildman–Crippen MR) is 97.2 cm³/mol. The summed E-state index contributed by atoms with van der Waals surface area (Å²) >= 11 is 1.25. The predicted octanol–water partition coefficient (Wildman–Crippen LogP) is 1.43. The van der Waals surface area contributed by atoms with Gasteiger partial charge in [-0.25, -0.2) is 8.42 Å². The monoisotopic (exact) mass is 383 g/mol. The second kappa shape index (κ2) is 6.98. The lowest BCUT2D eigenvalue weighted by Crippen LogP contribution is -2.43. The maximum Gasteiger partial charge on any atom is 0.252 e. The Bertz CT molecular complexity index is 726. The number of sulfonamides is 1. The van der Waals surface area contributed by atoms with Gasteiger partial charge < -0.3 is 10.2 Å². The minimum Gasteiger partial charge on any atom is -0.335 e. The van der Waals surface area contributed by atoms with Crippen molar-refractivity contribution in [2.24, 2.45) is 0 Å². The van der Waals surface area contributed by atoms with Gasteiger partial charge in [0.1, 0.15) is 4.21 Å². The van der Waals surface area contributed by atoms with Crippen molar-refractivity contribution in [3.63, 3.8) is 0 Å². The average molecular weight is 384 g/mol. The molecule has 25 heavy (non-hydrogen) atoms. The summed E-state index contributed by atoms with van der Waals surface area (Å²) in [5.74, 6) is 0.142. The van der Waals surface area contributed by atoms with Gasteiger partial charge in [-0.2, -0.15) is 4.31 Å². The van der Waals surface area contributed by atoms with Crippen molar-refractivity contribution >= 4 is 27.3 Å². The molecule has 0 saturated carbocycles. The number of thiophene rings is 1. The van der Waals surface area contributed by atoms with Gasteiger partial charge >= 0.3 is 0 Å². The van der Waals surface area contributed by atoms with Gasteiger partial charge in [-0.15, -0.1) is 11.3 Å². The Balaban J connectivity index is 1.47. The fourth-order valence-electron chi connectivity index (χ4n) is 4.28. The summed E-state index contributed by atoms with van der Waals surface area (Å²) in [6.45, 7) is 3.07. The standard InChI is InChI=1S/C17H25N3O3S2/c21-16(20-13-3-4-14(20)12-18-8-7-13)11-15-5-6-17(24-15)25(22,23)19-9-1-2-10-19/h5-6,13-14,18H,1-4,7-12H2. The van der Waals surface area contributed by atoms with E-state index >= 15 is 0 Å². The highest BCUT2D eigenvalue weighted by molar-refractivity contribution is 7.91. The van der Waals surface area contributed by atoms with E-state index in [1.54, 1.807) is 10.4 Å². The van der Waals surface area contributed by atoms with E-state index in [4.69, 9.17) is 0 Å². The Morgan fingerprint density at radius 1 is 1.16 bits per heavy atom. The van der Waals surface area contributed by atoms with Gasteiger partial charge in [-0.05, 0) is 50.8 Å². The quantitative estimate of drug-likeness (QED) is 0.854. The Morgan fingerprint density at radius 2 is 1.92 bits per heavy atom. The molecule has 0 radical (unpaired) electrons. The zero-order valence-electron chi connectivity index (χ0n) is 14.3. The fourth-order valence-corrected chi connectivity index (χ4v) is 7.30. The Labute approximate surface area is 153 Å². The highest BCUT2D eigenvalue weighted by Crippen LogP contribution is 2.31. The first kappa shape index (κ1) is 17.5. The van der Waals surface area contributed by atoms with Crippen molar-refractivity contribution in [2.75, 3.05) is 26.2 Å². The molecule has 1 aromatic heterocycles. The number of carbonyl (C=O) groups excluding carboxylic acids is 1. The maximum absolute atomic E-state index is 12.8. The van der Waals surface area contributed by atoms with Gasteiger partial charge in [0.05, 0.1) is 6.42 Å². The minimum atomic E-state index is -3.38. The number of hydrogen-bond donors (Lipinski definition) is 1. The lowest BCUT2D eigenvalue weighted by molar-refractivity contribution is -0.132. The second-order valence-electron chi connectivity index (χ2n) is 7.19. The third kappa shape index (κ3) is 3.37. The van der Waals surface area contributed by atoms with Crippen molar-refractivity contribution < 1.29 is 13.2 Å².